The molecule has 1 rings (SSSR count). The van der Waals surface area contributed by atoms with Crippen LogP contribution >= 0.6 is 0 Å². The standard InChI is InChI=1S/C7H11NO2/c1-5(2)7-6(3-9)4-10-8-7/h4-5,9H,3H2,1-2H3. The third-order valence-corrected chi connectivity index (χ3v) is 1.39. The lowest BCUT2D eigenvalue weighted by Crippen LogP contribution is -1.92. The van der Waals surface area contributed by atoms with Crippen LogP contribution in [-0.4, -0.2) is 10.3 Å². The smallest absolute Gasteiger partial charge is 0.129 e. The van der Waals surface area contributed by atoms with E-state index in [9.17, 15) is 0 Å². The van der Waals surface area contributed by atoms with Crippen LogP contribution in [0, 0.1) is 0 Å². The first-order chi connectivity index (χ1) is 4.75. The summed E-state index contributed by atoms with van der Waals surface area (Å²) in [5, 5.41) is 12.5. The zero-order chi connectivity index (χ0) is 7.56. The fourth-order valence-corrected chi connectivity index (χ4v) is 0.860. The van der Waals surface area contributed by atoms with E-state index in [1.54, 1.807) is 0 Å². The molecule has 10 heavy (non-hydrogen) atoms. The number of aliphatic hydroxyl groups is 1. The van der Waals surface area contributed by atoms with Gasteiger partial charge in [-0.15, -0.1) is 0 Å². The third-order valence-electron chi connectivity index (χ3n) is 1.39. The zero-order valence-electron chi connectivity index (χ0n) is 6.16. The Hall–Kier alpha value is -0.830. The summed E-state index contributed by atoms with van der Waals surface area (Å²) in [6, 6.07) is 0. The minimum atomic E-state index is 0.0109. The van der Waals surface area contributed by atoms with Gasteiger partial charge in [0.15, 0.2) is 0 Å². The van der Waals surface area contributed by atoms with Crippen molar-refractivity contribution in [3.05, 3.63) is 17.5 Å². The van der Waals surface area contributed by atoms with Gasteiger partial charge in [0, 0.05) is 5.56 Å². The number of aromatic nitrogens is 1. The lowest BCUT2D eigenvalue weighted by Gasteiger charge is -1.98. The molecule has 1 N–H and O–H groups in total. The van der Waals surface area contributed by atoms with Crippen molar-refractivity contribution in [3.8, 4) is 0 Å². The summed E-state index contributed by atoms with van der Waals surface area (Å²) in [4.78, 5) is 0. The highest BCUT2D eigenvalue weighted by molar-refractivity contribution is 5.16. The van der Waals surface area contributed by atoms with Gasteiger partial charge in [0.2, 0.25) is 0 Å². The Bertz CT molecular complexity index is 205. The maximum absolute atomic E-state index is 8.76. The molecule has 1 heterocycles. The highest BCUT2D eigenvalue weighted by Gasteiger charge is 2.09. The van der Waals surface area contributed by atoms with Crippen LogP contribution in [0.5, 0.6) is 0 Å². The number of hydrogen-bond donors (Lipinski definition) is 1. The van der Waals surface area contributed by atoms with Crippen molar-refractivity contribution in [2.24, 2.45) is 0 Å². The molecule has 0 amide bonds. The molecule has 3 nitrogen and oxygen atoms in total. The van der Waals surface area contributed by atoms with Crippen LogP contribution < -0.4 is 0 Å². The second-order valence-corrected chi connectivity index (χ2v) is 2.54. The van der Waals surface area contributed by atoms with Crippen LogP contribution in [0.2, 0.25) is 0 Å². The van der Waals surface area contributed by atoms with Crippen molar-refractivity contribution in [1.82, 2.24) is 5.16 Å². The second kappa shape index (κ2) is 2.84. The van der Waals surface area contributed by atoms with E-state index in [0.29, 0.717) is 5.92 Å². The van der Waals surface area contributed by atoms with E-state index < -0.39 is 0 Å². The number of nitrogens with zero attached hydrogens (tertiary/aromatic N) is 1. The topological polar surface area (TPSA) is 46.3 Å². The van der Waals surface area contributed by atoms with Crippen LogP contribution in [0.15, 0.2) is 10.8 Å². The van der Waals surface area contributed by atoms with Crippen LogP contribution in [0.3, 0.4) is 0 Å². The first-order valence-electron chi connectivity index (χ1n) is 3.29. The molecular formula is C7H11NO2. The van der Waals surface area contributed by atoms with Crippen LogP contribution in [0.25, 0.3) is 0 Å². The molecule has 1 aromatic heterocycles. The van der Waals surface area contributed by atoms with Gasteiger partial charge in [0.05, 0.1) is 12.3 Å². The molecule has 0 aliphatic rings. The average Bonchev–Trinajstić information content (AvgIpc) is 2.33. The van der Waals surface area contributed by atoms with Crippen molar-refractivity contribution in [2.45, 2.75) is 26.4 Å². The molecule has 0 atom stereocenters. The summed E-state index contributed by atoms with van der Waals surface area (Å²) >= 11 is 0. The Morgan fingerprint density at radius 2 is 2.40 bits per heavy atom. The van der Waals surface area contributed by atoms with Crippen LogP contribution in [0.4, 0.5) is 0 Å². The van der Waals surface area contributed by atoms with Gasteiger partial charge in [-0.2, -0.15) is 0 Å². The molecule has 0 aliphatic heterocycles. The van der Waals surface area contributed by atoms with Gasteiger partial charge in [0.25, 0.3) is 0 Å². The number of hydrogen-bond acceptors (Lipinski definition) is 3. The van der Waals surface area contributed by atoms with Crippen molar-refractivity contribution in [3.63, 3.8) is 0 Å². The average molecular weight is 141 g/mol. The van der Waals surface area contributed by atoms with Crippen LogP contribution in [-0.2, 0) is 6.61 Å². The number of rotatable bonds is 2. The Morgan fingerprint density at radius 3 is 2.80 bits per heavy atom. The quantitative estimate of drug-likeness (QED) is 0.675. The molecule has 0 aliphatic carbocycles. The fraction of sp³-hybridized carbons (Fsp3) is 0.571. The SMILES string of the molecule is CC(C)c1nocc1CO. The highest BCUT2D eigenvalue weighted by atomic mass is 16.5. The number of aliphatic hydroxyl groups excluding tert-OH is 1. The summed E-state index contributed by atoms with van der Waals surface area (Å²) in [6.07, 6.45) is 1.48. The van der Waals surface area contributed by atoms with Crippen molar-refractivity contribution in [2.75, 3.05) is 0 Å². The molecular weight excluding hydrogens is 130 g/mol. The monoisotopic (exact) mass is 141 g/mol. The summed E-state index contributed by atoms with van der Waals surface area (Å²) in [5.74, 6) is 0.320. The van der Waals surface area contributed by atoms with E-state index in [0.717, 1.165) is 11.3 Å². The van der Waals surface area contributed by atoms with E-state index in [2.05, 4.69) is 9.68 Å². The molecule has 0 spiro atoms. The maximum Gasteiger partial charge on any atom is 0.129 e. The fourth-order valence-electron chi connectivity index (χ4n) is 0.860. The van der Waals surface area contributed by atoms with Crippen molar-refractivity contribution < 1.29 is 9.63 Å². The van der Waals surface area contributed by atoms with E-state index in [4.69, 9.17) is 5.11 Å². The first kappa shape index (κ1) is 7.28. The summed E-state index contributed by atoms with van der Waals surface area (Å²) < 4.78 is 4.69. The minimum absolute atomic E-state index is 0.0109. The lowest BCUT2D eigenvalue weighted by molar-refractivity contribution is 0.279. The zero-order valence-corrected chi connectivity index (χ0v) is 6.16. The molecule has 0 bridgehead atoms. The first-order valence-corrected chi connectivity index (χ1v) is 3.29. The molecule has 0 fully saturated rings. The molecule has 1 aromatic rings. The van der Waals surface area contributed by atoms with E-state index in [1.807, 2.05) is 13.8 Å². The molecule has 0 aromatic carbocycles. The van der Waals surface area contributed by atoms with Gasteiger partial charge >= 0.3 is 0 Å². The van der Waals surface area contributed by atoms with Crippen LogP contribution in [0.1, 0.15) is 31.0 Å². The summed E-state index contributed by atoms with van der Waals surface area (Å²) in [6.45, 7) is 4.03. The molecule has 0 radical (unpaired) electrons. The Morgan fingerprint density at radius 1 is 1.70 bits per heavy atom. The predicted molar refractivity (Wildman–Crippen MR) is 36.5 cm³/mol. The minimum Gasteiger partial charge on any atom is -0.391 e. The maximum atomic E-state index is 8.76. The van der Waals surface area contributed by atoms with Gasteiger partial charge in [-0.05, 0) is 5.92 Å². The second-order valence-electron chi connectivity index (χ2n) is 2.54. The van der Waals surface area contributed by atoms with Crippen molar-refractivity contribution in [1.29, 1.82) is 0 Å². The third kappa shape index (κ3) is 1.19. The normalized spacial score (nSPS) is 10.8. The molecule has 3 heteroatoms. The van der Waals surface area contributed by atoms with Gasteiger partial charge < -0.3 is 9.63 Å². The van der Waals surface area contributed by atoms with Gasteiger partial charge in [-0.3, -0.25) is 0 Å². The Labute approximate surface area is 59.7 Å². The summed E-state index contributed by atoms with van der Waals surface area (Å²) in [5.41, 5.74) is 1.64. The van der Waals surface area contributed by atoms with Gasteiger partial charge in [-0.1, -0.05) is 19.0 Å². The van der Waals surface area contributed by atoms with Gasteiger partial charge in [-0.25, -0.2) is 0 Å². The van der Waals surface area contributed by atoms with E-state index in [-0.39, 0.29) is 6.61 Å². The largest absolute Gasteiger partial charge is 0.391 e. The Balaban J connectivity index is 2.90. The molecule has 56 valence electrons. The Kier molecular flexibility index (Phi) is 2.06. The predicted octanol–water partition coefficient (Wildman–Crippen LogP) is 1.29. The van der Waals surface area contributed by atoms with Gasteiger partial charge in [0.1, 0.15) is 6.26 Å². The molecule has 0 unspecified atom stereocenters. The lowest BCUT2D eigenvalue weighted by atomic mass is 10.1. The highest BCUT2D eigenvalue weighted by Crippen LogP contribution is 2.16. The van der Waals surface area contributed by atoms with Crippen molar-refractivity contribution >= 4 is 0 Å². The van der Waals surface area contributed by atoms with E-state index in [1.165, 1.54) is 6.26 Å². The summed E-state index contributed by atoms with van der Waals surface area (Å²) in [7, 11) is 0. The molecule has 0 saturated carbocycles. The van der Waals surface area contributed by atoms with E-state index >= 15 is 0 Å². The molecule has 0 saturated heterocycles.